The summed E-state index contributed by atoms with van der Waals surface area (Å²) >= 11 is 0. The van der Waals surface area contributed by atoms with Crippen molar-refractivity contribution < 1.29 is 9.90 Å². The third-order valence-corrected chi connectivity index (χ3v) is 7.39. The zero-order valence-corrected chi connectivity index (χ0v) is 21.0. The first-order valence-electron chi connectivity index (χ1n) is 12.1. The van der Waals surface area contributed by atoms with E-state index in [9.17, 15) is 9.90 Å². The van der Waals surface area contributed by atoms with Crippen LogP contribution in [0, 0.1) is 12.8 Å². The second kappa shape index (κ2) is 10.6. The number of hydrogen-bond acceptors (Lipinski definition) is 2. The molecule has 1 unspecified atom stereocenters. The van der Waals surface area contributed by atoms with Gasteiger partial charge in [-0.3, -0.25) is 0 Å². The van der Waals surface area contributed by atoms with Crippen LogP contribution in [-0.4, -0.2) is 17.6 Å². The Labute approximate surface area is 213 Å². The molecule has 0 saturated heterocycles. The zero-order valence-electron chi connectivity index (χ0n) is 20.2. The van der Waals surface area contributed by atoms with Crippen molar-refractivity contribution in [3.63, 3.8) is 0 Å². The number of rotatable bonds is 6. The first-order chi connectivity index (χ1) is 16.5. The van der Waals surface area contributed by atoms with E-state index in [1.54, 1.807) is 6.07 Å². The van der Waals surface area contributed by atoms with Crippen LogP contribution in [0.15, 0.2) is 84.9 Å². The fourth-order valence-electron chi connectivity index (χ4n) is 5.61. The zero-order chi connectivity index (χ0) is 23.7. The van der Waals surface area contributed by atoms with Gasteiger partial charge in [0.1, 0.15) is 0 Å². The number of aromatic carboxylic acids is 1. The third kappa shape index (κ3) is 5.12. The number of aryl methyl sites for hydroxylation is 1. The maximum atomic E-state index is 11.5. The molecule has 3 atom stereocenters. The number of halogens is 1. The number of carboxylic acids is 1. The van der Waals surface area contributed by atoms with Crippen molar-refractivity contribution in [3.8, 4) is 0 Å². The van der Waals surface area contributed by atoms with Gasteiger partial charge in [-0.15, -0.1) is 12.4 Å². The molecule has 0 radical (unpaired) electrons. The van der Waals surface area contributed by atoms with Crippen LogP contribution in [0.4, 0.5) is 0 Å². The fraction of sp³-hybridized carbons (Fsp3) is 0.258. The third-order valence-electron chi connectivity index (χ3n) is 7.39. The molecule has 5 rings (SSSR count). The Balaban J connectivity index is 0.00000289. The Morgan fingerprint density at radius 1 is 1.00 bits per heavy atom. The summed E-state index contributed by atoms with van der Waals surface area (Å²) in [5.41, 5.74) is 6.54. The molecule has 4 aromatic rings. The van der Waals surface area contributed by atoms with Crippen LogP contribution in [0.2, 0.25) is 0 Å². The summed E-state index contributed by atoms with van der Waals surface area (Å²) in [6.45, 7) is 5.10. The minimum Gasteiger partial charge on any atom is -0.478 e. The second-order valence-electron chi connectivity index (χ2n) is 9.64. The van der Waals surface area contributed by atoms with Gasteiger partial charge < -0.3 is 10.4 Å². The number of nitrogens with one attached hydrogen (secondary N) is 1. The summed E-state index contributed by atoms with van der Waals surface area (Å²) in [5, 5.41) is 15.9. The van der Waals surface area contributed by atoms with Crippen LogP contribution < -0.4 is 5.32 Å². The van der Waals surface area contributed by atoms with Crippen molar-refractivity contribution in [1.29, 1.82) is 0 Å². The summed E-state index contributed by atoms with van der Waals surface area (Å²) in [6.07, 6.45) is 2.12. The van der Waals surface area contributed by atoms with E-state index in [4.69, 9.17) is 0 Å². The Morgan fingerprint density at radius 2 is 1.74 bits per heavy atom. The number of carboxylic acid groups (broad SMARTS) is 1. The summed E-state index contributed by atoms with van der Waals surface area (Å²) in [4.78, 5) is 11.5. The van der Waals surface area contributed by atoms with Gasteiger partial charge in [-0.25, -0.2) is 4.79 Å². The van der Waals surface area contributed by atoms with Gasteiger partial charge in [-0.2, -0.15) is 0 Å². The van der Waals surface area contributed by atoms with E-state index in [2.05, 4.69) is 85.0 Å². The molecule has 0 amide bonds. The predicted octanol–water partition coefficient (Wildman–Crippen LogP) is 7.31. The van der Waals surface area contributed by atoms with Gasteiger partial charge in [0, 0.05) is 12.0 Å². The largest absolute Gasteiger partial charge is 0.478 e. The molecule has 0 aliphatic heterocycles. The van der Waals surface area contributed by atoms with Crippen molar-refractivity contribution in [2.24, 2.45) is 5.92 Å². The highest BCUT2D eigenvalue weighted by Crippen LogP contribution is 2.40. The number of fused-ring (bicyclic) bond motifs is 2. The van der Waals surface area contributed by atoms with Crippen molar-refractivity contribution in [3.05, 3.63) is 118 Å². The van der Waals surface area contributed by atoms with Gasteiger partial charge in [0.15, 0.2) is 0 Å². The van der Waals surface area contributed by atoms with E-state index in [-0.39, 0.29) is 24.4 Å². The lowest BCUT2D eigenvalue weighted by atomic mass is 9.73. The lowest BCUT2D eigenvalue weighted by Gasteiger charge is -2.33. The molecule has 0 spiro atoms. The summed E-state index contributed by atoms with van der Waals surface area (Å²) in [5.74, 6) is -0.0690. The summed E-state index contributed by atoms with van der Waals surface area (Å²) < 4.78 is 0. The molecule has 4 heteroatoms. The number of hydrogen-bond donors (Lipinski definition) is 2. The van der Waals surface area contributed by atoms with Crippen LogP contribution >= 0.6 is 12.4 Å². The van der Waals surface area contributed by atoms with Gasteiger partial charge in [-0.05, 0) is 83.8 Å². The first-order valence-corrected chi connectivity index (χ1v) is 12.1. The monoisotopic (exact) mass is 485 g/mol. The van der Waals surface area contributed by atoms with Crippen molar-refractivity contribution in [2.75, 3.05) is 6.54 Å². The van der Waals surface area contributed by atoms with Crippen LogP contribution in [0.5, 0.6) is 0 Å². The molecule has 1 aliphatic rings. The minimum absolute atomic E-state index is 0. The van der Waals surface area contributed by atoms with Gasteiger partial charge >= 0.3 is 5.97 Å². The highest BCUT2D eigenvalue weighted by molar-refractivity contribution is 5.89. The van der Waals surface area contributed by atoms with Crippen molar-refractivity contribution in [2.45, 2.75) is 38.6 Å². The van der Waals surface area contributed by atoms with Crippen LogP contribution in [-0.2, 0) is 6.42 Å². The molecular weight excluding hydrogens is 454 g/mol. The van der Waals surface area contributed by atoms with Gasteiger partial charge in [-0.1, -0.05) is 78.9 Å². The molecule has 0 saturated carbocycles. The maximum absolute atomic E-state index is 11.5. The first kappa shape index (κ1) is 25.0. The lowest BCUT2D eigenvalue weighted by molar-refractivity contribution is 0.0696. The van der Waals surface area contributed by atoms with Crippen molar-refractivity contribution >= 4 is 29.1 Å². The van der Waals surface area contributed by atoms with E-state index in [0.717, 1.165) is 24.9 Å². The normalized spacial score (nSPS) is 17.9. The van der Waals surface area contributed by atoms with Crippen LogP contribution in [0.3, 0.4) is 0 Å². The Bertz CT molecular complexity index is 1340. The van der Waals surface area contributed by atoms with E-state index >= 15 is 0 Å². The molecule has 0 heterocycles. The number of benzene rings is 4. The van der Waals surface area contributed by atoms with Crippen molar-refractivity contribution in [1.82, 2.24) is 5.32 Å². The molecule has 35 heavy (non-hydrogen) atoms. The van der Waals surface area contributed by atoms with E-state index < -0.39 is 5.97 Å². The smallest absolute Gasteiger partial charge is 0.335 e. The lowest BCUT2D eigenvalue weighted by Crippen LogP contribution is -2.31. The molecule has 0 aromatic heterocycles. The fourth-order valence-corrected chi connectivity index (χ4v) is 5.61. The highest BCUT2D eigenvalue weighted by Gasteiger charge is 2.28. The Morgan fingerprint density at radius 3 is 2.54 bits per heavy atom. The average Bonchev–Trinajstić information content (AvgIpc) is 2.86. The summed E-state index contributed by atoms with van der Waals surface area (Å²) in [6, 6.07) is 30.0. The molecular formula is C31H32ClNO2. The van der Waals surface area contributed by atoms with E-state index in [1.807, 2.05) is 13.0 Å². The van der Waals surface area contributed by atoms with Gasteiger partial charge in [0.2, 0.25) is 0 Å². The molecule has 180 valence electrons. The molecule has 4 aromatic carbocycles. The minimum atomic E-state index is -0.863. The molecule has 0 bridgehead atoms. The predicted molar refractivity (Wildman–Crippen MR) is 146 cm³/mol. The van der Waals surface area contributed by atoms with E-state index in [0.29, 0.717) is 11.5 Å². The average molecular weight is 486 g/mol. The van der Waals surface area contributed by atoms with Gasteiger partial charge in [0.25, 0.3) is 0 Å². The van der Waals surface area contributed by atoms with Crippen LogP contribution in [0.25, 0.3) is 10.8 Å². The molecule has 1 aliphatic carbocycles. The summed E-state index contributed by atoms with van der Waals surface area (Å²) in [7, 11) is 0. The second-order valence-corrected chi connectivity index (χ2v) is 9.64. The molecule has 2 N–H and O–H groups in total. The van der Waals surface area contributed by atoms with E-state index in [1.165, 1.54) is 33.0 Å². The molecule has 0 fully saturated rings. The SMILES string of the molecule is Cc1cc(C2C[C@H](CN[C@H](C)c3cccc4ccccc34)Cc3ccccc32)ccc1C(=O)O.Cl. The quantitative estimate of drug-likeness (QED) is 0.301. The van der Waals surface area contributed by atoms with Crippen LogP contribution in [0.1, 0.15) is 63.5 Å². The number of carbonyl (C=O) groups is 1. The Hall–Kier alpha value is -3.14. The highest BCUT2D eigenvalue weighted by atomic mass is 35.5. The molecule has 3 nitrogen and oxygen atoms in total. The van der Waals surface area contributed by atoms with Gasteiger partial charge in [0.05, 0.1) is 5.56 Å². The topological polar surface area (TPSA) is 49.3 Å². The standard InChI is InChI=1S/C31H31NO2.ClH/c1-20-16-25(14-15-26(20)31(33)34)30-18-22(17-24-9-4-6-12-29(24)30)19-32-21(2)27-13-7-10-23-8-3-5-11-28(23)27;/h3-16,21-22,30,32H,17-19H2,1-2H3,(H,33,34);1H/t21-,22-,30?;/m1./s1. The Kier molecular flexibility index (Phi) is 7.59. The maximum Gasteiger partial charge on any atom is 0.335 e.